The van der Waals surface area contributed by atoms with Crippen LogP contribution in [0.25, 0.3) is 0 Å². The number of hydrogen-bond acceptors (Lipinski definition) is 3. The van der Waals surface area contributed by atoms with E-state index in [-0.39, 0.29) is 24.0 Å². The molecule has 0 bridgehead atoms. The van der Waals surface area contributed by atoms with Crippen LogP contribution in [0.3, 0.4) is 0 Å². The van der Waals surface area contributed by atoms with Crippen LogP contribution in [0.5, 0.6) is 0 Å². The van der Waals surface area contributed by atoms with Gasteiger partial charge < -0.3 is 9.80 Å². The van der Waals surface area contributed by atoms with E-state index in [2.05, 4.69) is 4.90 Å². The van der Waals surface area contributed by atoms with E-state index in [4.69, 9.17) is 0 Å². The van der Waals surface area contributed by atoms with Gasteiger partial charge in [0.25, 0.3) is 0 Å². The van der Waals surface area contributed by atoms with Gasteiger partial charge in [-0.1, -0.05) is 6.07 Å². The fourth-order valence-corrected chi connectivity index (χ4v) is 4.00. The maximum Gasteiger partial charge on any atom is 0.416 e. The Balaban J connectivity index is 1.76. The van der Waals surface area contributed by atoms with Crippen molar-refractivity contribution in [2.75, 3.05) is 38.1 Å². The monoisotopic (exact) mass is 383 g/mol. The van der Waals surface area contributed by atoms with Crippen LogP contribution in [-0.4, -0.2) is 60.9 Å². The van der Waals surface area contributed by atoms with Gasteiger partial charge in [0.05, 0.1) is 5.56 Å². The number of piperazine rings is 1. The van der Waals surface area contributed by atoms with Gasteiger partial charge in [-0.2, -0.15) is 13.2 Å². The predicted molar refractivity (Wildman–Crippen MR) is 95.2 cm³/mol. The highest BCUT2D eigenvalue weighted by atomic mass is 19.4. The van der Waals surface area contributed by atoms with Crippen LogP contribution in [0, 0.1) is 5.92 Å². The summed E-state index contributed by atoms with van der Waals surface area (Å²) in [4.78, 5) is 30.4. The summed E-state index contributed by atoms with van der Waals surface area (Å²) in [6, 6.07) is 3.75. The topological polar surface area (TPSA) is 43.9 Å². The minimum atomic E-state index is -4.50. The number of nitrogens with zero attached hydrogens (tertiary/aromatic N) is 3. The zero-order chi connectivity index (χ0) is 19.8. The molecule has 148 valence electrons. The Morgan fingerprint density at radius 2 is 1.96 bits per heavy atom. The van der Waals surface area contributed by atoms with Crippen LogP contribution in [0.1, 0.15) is 25.3 Å². The van der Waals surface area contributed by atoms with Gasteiger partial charge >= 0.3 is 6.18 Å². The lowest BCUT2D eigenvalue weighted by Gasteiger charge is -2.41. The molecule has 2 atom stereocenters. The highest BCUT2D eigenvalue weighted by molar-refractivity contribution is 6.06. The Kier molecular flexibility index (Phi) is 5.46. The van der Waals surface area contributed by atoms with Crippen molar-refractivity contribution < 1.29 is 22.8 Å². The second-order valence-electron chi connectivity index (χ2n) is 7.48. The molecule has 0 spiro atoms. The number of anilines is 1. The Labute approximate surface area is 156 Å². The van der Waals surface area contributed by atoms with E-state index in [9.17, 15) is 22.8 Å². The Bertz CT molecular complexity index is 722. The summed E-state index contributed by atoms with van der Waals surface area (Å²) >= 11 is 0. The van der Waals surface area contributed by atoms with E-state index in [0.717, 1.165) is 38.1 Å². The number of benzene rings is 1. The normalized spacial score (nSPS) is 25.2. The van der Waals surface area contributed by atoms with Crippen molar-refractivity contribution in [2.24, 2.45) is 5.92 Å². The number of carbonyl (C=O) groups is 2. The van der Waals surface area contributed by atoms with Gasteiger partial charge in [-0.3, -0.25) is 14.5 Å². The first-order valence-electron chi connectivity index (χ1n) is 9.13. The molecule has 0 aliphatic carbocycles. The Hall–Kier alpha value is -2.09. The summed E-state index contributed by atoms with van der Waals surface area (Å²) in [5.74, 6) is -0.265. The molecule has 0 radical (unpaired) electrons. The molecule has 1 aromatic rings. The molecule has 0 aromatic heterocycles. The predicted octanol–water partition coefficient (Wildman–Crippen LogP) is 2.61. The SMILES string of the molecule is CC1C(=O)N(CC2CCCN(C)C2)CC(=O)N1c1cccc(C(F)(F)F)c1. The van der Waals surface area contributed by atoms with Gasteiger partial charge in [0.2, 0.25) is 11.8 Å². The average molecular weight is 383 g/mol. The molecular formula is C19H24F3N3O2. The minimum absolute atomic E-state index is 0.0976. The molecular weight excluding hydrogens is 359 g/mol. The summed E-state index contributed by atoms with van der Waals surface area (Å²) in [6.07, 6.45) is -2.43. The van der Waals surface area contributed by atoms with E-state index in [1.165, 1.54) is 17.0 Å². The van der Waals surface area contributed by atoms with Gasteiger partial charge in [-0.25, -0.2) is 0 Å². The van der Waals surface area contributed by atoms with Crippen molar-refractivity contribution in [1.82, 2.24) is 9.80 Å². The van der Waals surface area contributed by atoms with E-state index < -0.39 is 17.8 Å². The number of alkyl halides is 3. The zero-order valence-electron chi connectivity index (χ0n) is 15.5. The van der Waals surface area contributed by atoms with Crippen molar-refractivity contribution in [3.63, 3.8) is 0 Å². The first-order chi connectivity index (χ1) is 12.7. The summed E-state index contributed by atoms with van der Waals surface area (Å²) in [7, 11) is 2.04. The van der Waals surface area contributed by atoms with Crippen LogP contribution >= 0.6 is 0 Å². The molecule has 3 rings (SSSR count). The van der Waals surface area contributed by atoms with Crippen molar-refractivity contribution in [1.29, 1.82) is 0 Å². The number of hydrogen-bond donors (Lipinski definition) is 0. The molecule has 2 heterocycles. The molecule has 5 nitrogen and oxygen atoms in total. The van der Waals surface area contributed by atoms with Crippen LogP contribution < -0.4 is 4.90 Å². The van der Waals surface area contributed by atoms with Crippen LogP contribution in [0.2, 0.25) is 0 Å². The van der Waals surface area contributed by atoms with E-state index >= 15 is 0 Å². The second-order valence-corrected chi connectivity index (χ2v) is 7.48. The van der Waals surface area contributed by atoms with Crippen molar-refractivity contribution >= 4 is 17.5 Å². The van der Waals surface area contributed by atoms with Crippen molar-refractivity contribution in [3.8, 4) is 0 Å². The van der Waals surface area contributed by atoms with E-state index in [1.54, 1.807) is 11.8 Å². The highest BCUT2D eigenvalue weighted by Gasteiger charge is 2.39. The van der Waals surface area contributed by atoms with Gasteiger partial charge in [-0.05, 0) is 57.5 Å². The van der Waals surface area contributed by atoms with Crippen LogP contribution in [0.15, 0.2) is 24.3 Å². The smallest absolute Gasteiger partial charge is 0.331 e. The number of carbonyl (C=O) groups excluding carboxylic acids is 2. The standard InChI is InChI=1S/C19H24F3N3O2/c1-13-18(27)24(11-14-5-4-8-23(2)10-14)12-17(26)25(13)16-7-3-6-15(9-16)19(20,21)22/h3,6-7,9,13-14H,4-5,8,10-12H2,1-2H3. The molecule has 8 heteroatoms. The molecule has 27 heavy (non-hydrogen) atoms. The average Bonchev–Trinajstić information content (AvgIpc) is 2.59. The zero-order valence-corrected chi connectivity index (χ0v) is 15.5. The lowest BCUT2D eigenvalue weighted by Crippen LogP contribution is -2.60. The van der Waals surface area contributed by atoms with Crippen molar-refractivity contribution in [2.45, 2.75) is 32.0 Å². The first-order valence-corrected chi connectivity index (χ1v) is 9.13. The fourth-order valence-electron chi connectivity index (χ4n) is 4.00. The molecule has 0 N–H and O–H groups in total. The molecule has 2 saturated heterocycles. The number of likely N-dealkylation sites (tertiary alicyclic amines) is 1. The third-order valence-corrected chi connectivity index (χ3v) is 5.30. The van der Waals surface area contributed by atoms with Crippen LogP contribution in [-0.2, 0) is 15.8 Å². The van der Waals surface area contributed by atoms with Gasteiger partial charge in [-0.15, -0.1) is 0 Å². The lowest BCUT2D eigenvalue weighted by atomic mass is 9.97. The second kappa shape index (κ2) is 7.50. The molecule has 0 saturated carbocycles. The number of piperidine rings is 1. The Morgan fingerprint density at radius 1 is 1.22 bits per heavy atom. The summed E-state index contributed by atoms with van der Waals surface area (Å²) in [5, 5.41) is 0. The molecule has 2 aliphatic rings. The van der Waals surface area contributed by atoms with Gasteiger partial charge in [0.15, 0.2) is 0 Å². The third kappa shape index (κ3) is 4.26. The van der Waals surface area contributed by atoms with Gasteiger partial charge in [0.1, 0.15) is 12.6 Å². The largest absolute Gasteiger partial charge is 0.416 e. The number of amides is 2. The lowest BCUT2D eigenvalue weighted by molar-refractivity contribution is -0.142. The van der Waals surface area contributed by atoms with E-state index in [0.29, 0.717) is 12.5 Å². The van der Waals surface area contributed by atoms with E-state index in [1.807, 2.05) is 7.05 Å². The fraction of sp³-hybridized carbons (Fsp3) is 0.579. The highest BCUT2D eigenvalue weighted by Crippen LogP contribution is 2.33. The van der Waals surface area contributed by atoms with Crippen molar-refractivity contribution in [3.05, 3.63) is 29.8 Å². The summed E-state index contributed by atoms with van der Waals surface area (Å²) in [6.45, 7) is 3.89. The molecule has 1 aromatic carbocycles. The quantitative estimate of drug-likeness (QED) is 0.806. The summed E-state index contributed by atoms with van der Waals surface area (Å²) in [5.41, 5.74) is -0.729. The maximum absolute atomic E-state index is 13.0. The Morgan fingerprint density at radius 3 is 2.63 bits per heavy atom. The molecule has 2 fully saturated rings. The summed E-state index contributed by atoms with van der Waals surface area (Å²) < 4.78 is 38.9. The first kappa shape index (κ1) is 19.7. The number of rotatable bonds is 3. The molecule has 2 amide bonds. The maximum atomic E-state index is 13.0. The van der Waals surface area contributed by atoms with Crippen LogP contribution in [0.4, 0.5) is 18.9 Å². The molecule has 2 unspecified atom stereocenters. The minimum Gasteiger partial charge on any atom is -0.331 e. The molecule has 2 aliphatic heterocycles. The number of halogens is 3. The van der Waals surface area contributed by atoms with Gasteiger partial charge in [0, 0.05) is 18.8 Å². The third-order valence-electron chi connectivity index (χ3n) is 5.30.